The number of nitrogens with zero attached hydrogens (tertiary/aromatic N) is 2. The van der Waals surface area contributed by atoms with Crippen LogP contribution >= 0.6 is 0 Å². The lowest BCUT2D eigenvalue weighted by atomic mass is 10.1. The average molecular weight is 256 g/mol. The lowest BCUT2D eigenvalue weighted by Gasteiger charge is -2.21. The number of benzene rings is 1. The lowest BCUT2D eigenvalue weighted by Crippen LogP contribution is -2.31. The van der Waals surface area contributed by atoms with Crippen molar-refractivity contribution in [1.82, 2.24) is 4.57 Å². The number of rotatable bonds is 4. The molecule has 1 amide bonds. The van der Waals surface area contributed by atoms with E-state index in [2.05, 4.69) is 0 Å². The minimum absolute atomic E-state index is 0.138. The van der Waals surface area contributed by atoms with Crippen molar-refractivity contribution in [2.75, 3.05) is 11.4 Å². The molecule has 1 aromatic heterocycles. The lowest BCUT2D eigenvalue weighted by molar-refractivity contribution is -0.117. The summed E-state index contributed by atoms with van der Waals surface area (Å²) in [4.78, 5) is 14.2. The Balaban J connectivity index is 2.15. The van der Waals surface area contributed by atoms with E-state index in [1.807, 2.05) is 73.1 Å². The van der Waals surface area contributed by atoms with Crippen molar-refractivity contribution in [3.8, 4) is 0 Å². The Morgan fingerprint density at radius 3 is 2.68 bits per heavy atom. The molecule has 0 fully saturated rings. The zero-order chi connectivity index (χ0) is 13.8. The maximum absolute atomic E-state index is 12.4. The van der Waals surface area contributed by atoms with Gasteiger partial charge in [0.2, 0.25) is 5.91 Å². The molecule has 0 spiro atoms. The summed E-state index contributed by atoms with van der Waals surface area (Å²) < 4.78 is 1.96. The summed E-state index contributed by atoms with van der Waals surface area (Å²) in [6.45, 7) is 4.74. The highest BCUT2D eigenvalue weighted by molar-refractivity contribution is 5.94. The van der Waals surface area contributed by atoms with Crippen molar-refractivity contribution in [2.45, 2.75) is 20.3 Å². The first-order chi connectivity index (χ1) is 9.10. The van der Waals surface area contributed by atoms with Crippen LogP contribution in [0, 0.1) is 6.92 Å². The molecule has 0 aliphatic carbocycles. The number of aryl methyl sites for hydroxylation is 2. The van der Waals surface area contributed by atoms with Crippen LogP contribution in [-0.2, 0) is 18.3 Å². The van der Waals surface area contributed by atoms with Gasteiger partial charge in [-0.05, 0) is 43.2 Å². The Kier molecular flexibility index (Phi) is 4.05. The molecule has 0 N–H and O–H groups in total. The summed E-state index contributed by atoms with van der Waals surface area (Å²) in [7, 11) is 1.96. The highest BCUT2D eigenvalue weighted by Gasteiger charge is 2.14. The van der Waals surface area contributed by atoms with Crippen LogP contribution in [0.1, 0.15) is 18.1 Å². The van der Waals surface area contributed by atoms with Gasteiger partial charge in [-0.3, -0.25) is 4.79 Å². The Bertz CT molecular complexity index is 572. The fraction of sp³-hybridized carbons (Fsp3) is 0.312. The smallest absolute Gasteiger partial charge is 0.231 e. The summed E-state index contributed by atoms with van der Waals surface area (Å²) in [5, 5.41) is 0. The van der Waals surface area contributed by atoms with E-state index in [0.29, 0.717) is 13.0 Å². The highest BCUT2D eigenvalue weighted by Crippen LogP contribution is 2.17. The summed E-state index contributed by atoms with van der Waals surface area (Å²) in [6.07, 6.45) is 4.40. The molecule has 1 aromatic carbocycles. The second-order valence-corrected chi connectivity index (χ2v) is 4.84. The zero-order valence-electron chi connectivity index (χ0n) is 11.8. The number of aromatic nitrogens is 1. The number of anilines is 1. The summed E-state index contributed by atoms with van der Waals surface area (Å²) >= 11 is 0. The molecular weight excluding hydrogens is 236 g/mol. The minimum Gasteiger partial charge on any atom is -0.357 e. The van der Waals surface area contributed by atoms with Gasteiger partial charge in [0.15, 0.2) is 0 Å². The third kappa shape index (κ3) is 3.25. The van der Waals surface area contributed by atoms with E-state index in [1.165, 1.54) is 5.56 Å². The van der Waals surface area contributed by atoms with Crippen LogP contribution in [0.3, 0.4) is 0 Å². The molecule has 1 heterocycles. The van der Waals surface area contributed by atoms with Gasteiger partial charge in [0, 0.05) is 31.7 Å². The van der Waals surface area contributed by atoms with E-state index in [-0.39, 0.29) is 5.91 Å². The number of hydrogen-bond donors (Lipinski definition) is 0. The normalized spacial score (nSPS) is 10.5. The quantitative estimate of drug-likeness (QED) is 0.825. The van der Waals surface area contributed by atoms with Crippen LogP contribution < -0.4 is 4.90 Å². The van der Waals surface area contributed by atoms with Gasteiger partial charge < -0.3 is 9.47 Å². The van der Waals surface area contributed by atoms with Crippen molar-refractivity contribution < 1.29 is 4.79 Å². The van der Waals surface area contributed by atoms with Crippen LogP contribution in [0.2, 0.25) is 0 Å². The third-order valence-electron chi connectivity index (χ3n) is 3.18. The van der Waals surface area contributed by atoms with Crippen LogP contribution in [0.4, 0.5) is 5.69 Å². The topological polar surface area (TPSA) is 25.2 Å². The molecule has 0 saturated carbocycles. The Hall–Kier alpha value is -2.03. The molecule has 0 unspecified atom stereocenters. The standard InChI is InChI=1S/C16H20N2O/c1-4-18(15-7-5-6-13(2)10-15)16(19)11-14-8-9-17(3)12-14/h5-10,12H,4,11H2,1-3H3. The molecule has 2 rings (SSSR count). The molecule has 0 saturated heterocycles. The Labute approximate surface area is 114 Å². The second-order valence-electron chi connectivity index (χ2n) is 4.84. The summed E-state index contributed by atoms with van der Waals surface area (Å²) in [6, 6.07) is 10.1. The SMILES string of the molecule is CCN(C(=O)Cc1ccn(C)c1)c1cccc(C)c1. The molecule has 0 atom stereocenters. The van der Waals surface area contributed by atoms with Crippen molar-refractivity contribution in [3.63, 3.8) is 0 Å². The minimum atomic E-state index is 0.138. The number of carbonyl (C=O) groups excluding carboxylic acids is 1. The molecular formula is C16H20N2O. The predicted molar refractivity (Wildman–Crippen MR) is 78.3 cm³/mol. The highest BCUT2D eigenvalue weighted by atomic mass is 16.2. The first-order valence-corrected chi connectivity index (χ1v) is 6.58. The van der Waals surface area contributed by atoms with Crippen LogP contribution in [0.25, 0.3) is 0 Å². The molecule has 2 aromatic rings. The van der Waals surface area contributed by atoms with Crippen LogP contribution in [-0.4, -0.2) is 17.0 Å². The molecule has 0 aliphatic heterocycles. The number of likely N-dealkylation sites (N-methyl/N-ethyl adjacent to an activating group) is 1. The van der Waals surface area contributed by atoms with E-state index in [0.717, 1.165) is 11.3 Å². The van der Waals surface area contributed by atoms with Gasteiger partial charge in [0.05, 0.1) is 6.42 Å². The first-order valence-electron chi connectivity index (χ1n) is 6.58. The average Bonchev–Trinajstić information content (AvgIpc) is 2.75. The van der Waals surface area contributed by atoms with Crippen molar-refractivity contribution >= 4 is 11.6 Å². The van der Waals surface area contributed by atoms with Gasteiger partial charge in [-0.2, -0.15) is 0 Å². The number of carbonyl (C=O) groups is 1. The van der Waals surface area contributed by atoms with Crippen molar-refractivity contribution in [1.29, 1.82) is 0 Å². The second kappa shape index (κ2) is 5.74. The molecule has 19 heavy (non-hydrogen) atoms. The maximum atomic E-state index is 12.4. The molecule has 100 valence electrons. The van der Waals surface area contributed by atoms with Crippen LogP contribution in [0.5, 0.6) is 0 Å². The fourth-order valence-electron chi connectivity index (χ4n) is 2.23. The molecule has 0 radical (unpaired) electrons. The largest absolute Gasteiger partial charge is 0.357 e. The van der Waals surface area contributed by atoms with Gasteiger partial charge in [0.1, 0.15) is 0 Å². The summed E-state index contributed by atoms with van der Waals surface area (Å²) in [5.41, 5.74) is 3.20. The number of amides is 1. The van der Waals surface area contributed by atoms with Crippen molar-refractivity contribution in [3.05, 3.63) is 53.9 Å². The molecule has 0 aliphatic rings. The van der Waals surface area contributed by atoms with E-state index in [4.69, 9.17) is 0 Å². The summed E-state index contributed by atoms with van der Waals surface area (Å²) in [5.74, 6) is 0.138. The van der Waals surface area contributed by atoms with Gasteiger partial charge in [-0.25, -0.2) is 0 Å². The van der Waals surface area contributed by atoms with E-state index in [9.17, 15) is 4.79 Å². The third-order valence-corrected chi connectivity index (χ3v) is 3.18. The maximum Gasteiger partial charge on any atom is 0.231 e. The van der Waals surface area contributed by atoms with Gasteiger partial charge in [0.25, 0.3) is 0 Å². The van der Waals surface area contributed by atoms with E-state index >= 15 is 0 Å². The number of hydrogen-bond acceptors (Lipinski definition) is 1. The van der Waals surface area contributed by atoms with Crippen LogP contribution in [0.15, 0.2) is 42.7 Å². The van der Waals surface area contributed by atoms with E-state index in [1.54, 1.807) is 0 Å². The molecule has 0 bridgehead atoms. The zero-order valence-corrected chi connectivity index (χ0v) is 11.8. The van der Waals surface area contributed by atoms with E-state index < -0.39 is 0 Å². The first kappa shape index (κ1) is 13.4. The van der Waals surface area contributed by atoms with Gasteiger partial charge in [-0.1, -0.05) is 12.1 Å². The van der Waals surface area contributed by atoms with Gasteiger partial charge in [-0.15, -0.1) is 0 Å². The monoisotopic (exact) mass is 256 g/mol. The predicted octanol–water partition coefficient (Wildman–Crippen LogP) is 2.93. The fourth-order valence-corrected chi connectivity index (χ4v) is 2.23. The Morgan fingerprint density at radius 1 is 1.32 bits per heavy atom. The van der Waals surface area contributed by atoms with Crippen molar-refractivity contribution in [2.24, 2.45) is 7.05 Å². The Morgan fingerprint density at radius 2 is 2.11 bits per heavy atom. The van der Waals surface area contributed by atoms with Gasteiger partial charge >= 0.3 is 0 Å². The molecule has 3 heteroatoms. The molecule has 3 nitrogen and oxygen atoms in total.